The zero-order chi connectivity index (χ0) is 22.4. The molecule has 1 aromatic rings. The molecule has 0 aromatic heterocycles. The van der Waals surface area contributed by atoms with Crippen molar-refractivity contribution >= 4 is 27.8 Å². The topological polar surface area (TPSA) is 131 Å². The molecule has 0 aliphatic heterocycles. The molecule has 0 radical (unpaired) electrons. The molecule has 1 atom stereocenters. The number of amides is 2. The van der Waals surface area contributed by atoms with Gasteiger partial charge in [0.1, 0.15) is 6.54 Å². The maximum Gasteiger partial charge on any atom is 0.326 e. The molecule has 0 fully saturated rings. The molecule has 0 unspecified atom stereocenters. The zero-order valence-corrected chi connectivity index (χ0v) is 18.3. The third kappa shape index (κ3) is 8.61. The molecule has 3 N–H and O–H groups in total. The molecule has 0 aliphatic carbocycles. The van der Waals surface area contributed by atoms with Gasteiger partial charge >= 0.3 is 5.97 Å². The van der Waals surface area contributed by atoms with Gasteiger partial charge in [0.15, 0.2) is 6.10 Å². The van der Waals surface area contributed by atoms with E-state index in [1.807, 2.05) is 0 Å². The lowest BCUT2D eigenvalue weighted by Gasteiger charge is -2.23. The van der Waals surface area contributed by atoms with Crippen LogP contribution in [-0.4, -0.2) is 50.4 Å². The van der Waals surface area contributed by atoms with E-state index in [0.29, 0.717) is 0 Å². The number of sulfonamides is 1. The largest absolute Gasteiger partial charge is 0.451 e. The number of hydrogen-bond acceptors (Lipinski definition) is 6. The molecule has 29 heavy (non-hydrogen) atoms. The Kier molecular flexibility index (Phi) is 8.34. The molecule has 0 aliphatic rings. The second-order valence-electron chi connectivity index (χ2n) is 7.85. The Hall–Kier alpha value is -2.46. The smallest absolute Gasteiger partial charge is 0.326 e. The minimum Gasteiger partial charge on any atom is -0.451 e. The summed E-state index contributed by atoms with van der Waals surface area (Å²) >= 11 is 0. The van der Waals surface area contributed by atoms with Gasteiger partial charge in [0.2, 0.25) is 10.0 Å². The number of benzene rings is 1. The van der Waals surface area contributed by atoms with Crippen molar-refractivity contribution in [3.05, 3.63) is 29.8 Å². The Morgan fingerprint density at radius 2 is 1.59 bits per heavy atom. The predicted molar refractivity (Wildman–Crippen MR) is 108 cm³/mol. The number of esters is 1. The lowest BCUT2D eigenvalue weighted by atomic mass is 10.1. The molecule has 0 heterocycles. The Morgan fingerprint density at radius 1 is 1.03 bits per heavy atom. The third-order valence-electron chi connectivity index (χ3n) is 3.39. The van der Waals surface area contributed by atoms with Crippen LogP contribution < -0.4 is 15.4 Å². The van der Waals surface area contributed by atoms with E-state index in [9.17, 15) is 22.8 Å². The predicted octanol–water partition coefficient (Wildman–Crippen LogP) is 0.950. The van der Waals surface area contributed by atoms with E-state index >= 15 is 0 Å². The van der Waals surface area contributed by atoms with Crippen LogP contribution in [0, 0.1) is 0 Å². The molecule has 10 heteroatoms. The van der Waals surface area contributed by atoms with Gasteiger partial charge in [0.25, 0.3) is 11.8 Å². The van der Waals surface area contributed by atoms with Crippen LogP contribution in [0.1, 0.15) is 51.9 Å². The normalized spacial score (nSPS) is 12.9. The van der Waals surface area contributed by atoms with Crippen molar-refractivity contribution in [2.75, 3.05) is 6.54 Å². The molecular formula is C19H29N3O6S. The van der Waals surface area contributed by atoms with Crippen LogP contribution in [0.3, 0.4) is 0 Å². The number of nitrogens with one attached hydrogen (secondary N) is 3. The van der Waals surface area contributed by atoms with E-state index in [4.69, 9.17) is 4.74 Å². The van der Waals surface area contributed by atoms with Gasteiger partial charge in [-0.1, -0.05) is 0 Å². The summed E-state index contributed by atoms with van der Waals surface area (Å²) in [6.45, 7) is 9.81. The number of carbonyl (C=O) groups excluding carboxylic acids is 3. The summed E-state index contributed by atoms with van der Waals surface area (Å²) in [5.74, 6) is -1.78. The Labute approximate surface area is 171 Å². The molecule has 0 saturated carbocycles. The van der Waals surface area contributed by atoms with Crippen LogP contribution in [0.25, 0.3) is 0 Å². The first-order chi connectivity index (χ1) is 13.2. The average Bonchev–Trinajstić information content (AvgIpc) is 2.57. The van der Waals surface area contributed by atoms with E-state index in [1.165, 1.54) is 31.2 Å². The van der Waals surface area contributed by atoms with Crippen molar-refractivity contribution < 1.29 is 27.5 Å². The fraction of sp³-hybridized carbons (Fsp3) is 0.526. The van der Waals surface area contributed by atoms with Crippen LogP contribution in [0.15, 0.2) is 29.2 Å². The molecular weight excluding hydrogens is 398 g/mol. The quantitative estimate of drug-likeness (QED) is 0.530. The molecule has 2 amide bonds. The molecule has 1 aromatic carbocycles. The van der Waals surface area contributed by atoms with E-state index < -0.39 is 46.0 Å². The van der Waals surface area contributed by atoms with Gasteiger partial charge in [-0.15, -0.1) is 0 Å². The van der Waals surface area contributed by atoms with Crippen molar-refractivity contribution in [1.82, 2.24) is 15.4 Å². The highest BCUT2D eigenvalue weighted by Crippen LogP contribution is 2.11. The molecule has 1 rings (SSSR count). The molecule has 0 bridgehead atoms. The highest BCUT2D eigenvalue weighted by molar-refractivity contribution is 7.89. The minimum atomic E-state index is -3.66. The number of rotatable bonds is 8. The monoisotopic (exact) mass is 427 g/mol. The summed E-state index contributed by atoms with van der Waals surface area (Å²) in [5.41, 5.74) is -0.282. The second-order valence-corrected chi connectivity index (χ2v) is 9.57. The highest BCUT2D eigenvalue weighted by atomic mass is 32.2. The number of hydrogen-bond donors (Lipinski definition) is 3. The van der Waals surface area contributed by atoms with E-state index in [2.05, 4.69) is 15.4 Å². The van der Waals surface area contributed by atoms with Crippen molar-refractivity contribution in [3.63, 3.8) is 0 Å². The fourth-order valence-electron chi connectivity index (χ4n) is 2.18. The summed E-state index contributed by atoms with van der Waals surface area (Å²) in [5, 5.41) is 5.06. The van der Waals surface area contributed by atoms with Gasteiger partial charge in [-0.3, -0.25) is 14.4 Å². The van der Waals surface area contributed by atoms with Crippen LogP contribution in [0.2, 0.25) is 0 Å². The first-order valence-electron chi connectivity index (χ1n) is 9.13. The second kappa shape index (κ2) is 9.84. The summed E-state index contributed by atoms with van der Waals surface area (Å²) in [6, 6.07) is 5.03. The Bertz CT molecular complexity index is 842. The van der Waals surface area contributed by atoms with Crippen molar-refractivity contribution in [1.29, 1.82) is 0 Å². The molecule has 9 nitrogen and oxygen atoms in total. The van der Waals surface area contributed by atoms with Crippen molar-refractivity contribution in [3.8, 4) is 0 Å². The molecule has 0 spiro atoms. The zero-order valence-electron chi connectivity index (χ0n) is 17.5. The summed E-state index contributed by atoms with van der Waals surface area (Å²) in [4.78, 5) is 35.9. The van der Waals surface area contributed by atoms with Crippen molar-refractivity contribution in [2.24, 2.45) is 0 Å². The molecule has 0 saturated heterocycles. The fourth-order valence-corrected chi connectivity index (χ4v) is 3.43. The van der Waals surface area contributed by atoms with Crippen molar-refractivity contribution in [2.45, 2.75) is 64.1 Å². The van der Waals surface area contributed by atoms with Gasteiger partial charge in [-0.05, 0) is 65.8 Å². The van der Waals surface area contributed by atoms with Crippen LogP contribution >= 0.6 is 0 Å². The SMILES string of the molecule is CC(C)NS(=O)(=O)c1ccc(C(=O)NCC(=O)O[C@@H](C)C(=O)NC(C)(C)C)cc1. The summed E-state index contributed by atoms with van der Waals surface area (Å²) in [7, 11) is -3.66. The number of ether oxygens (including phenoxy) is 1. The van der Waals surface area contributed by atoms with Gasteiger partial charge < -0.3 is 15.4 Å². The van der Waals surface area contributed by atoms with E-state index in [1.54, 1.807) is 34.6 Å². The molecule has 162 valence electrons. The van der Waals surface area contributed by atoms with E-state index in [0.717, 1.165) is 0 Å². The van der Waals surface area contributed by atoms with Gasteiger partial charge in [0, 0.05) is 17.1 Å². The first-order valence-corrected chi connectivity index (χ1v) is 10.6. The lowest BCUT2D eigenvalue weighted by Crippen LogP contribution is -2.46. The van der Waals surface area contributed by atoms with Crippen LogP contribution in [0.4, 0.5) is 0 Å². The summed E-state index contributed by atoms with van der Waals surface area (Å²) in [6.07, 6.45) is -1.00. The number of carbonyl (C=O) groups is 3. The Morgan fingerprint density at radius 3 is 2.07 bits per heavy atom. The van der Waals surface area contributed by atoms with Crippen LogP contribution in [-0.2, 0) is 24.3 Å². The standard InChI is InChI=1S/C19H29N3O6S/c1-12(2)22-29(26,27)15-9-7-14(8-10-15)18(25)20-11-16(23)28-13(3)17(24)21-19(4,5)6/h7-10,12-13,22H,11H2,1-6H3,(H,20,25)(H,21,24)/t13-/m0/s1. The minimum absolute atomic E-state index is 0.0286. The average molecular weight is 428 g/mol. The third-order valence-corrected chi connectivity index (χ3v) is 5.06. The maximum absolute atomic E-state index is 12.1. The van der Waals surface area contributed by atoms with Crippen LogP contribution in [0.5, 0.6) is 0 Å². The van der Waals surface area contributed by atoms with Gasteiger partial charge in [0.05, 0.1) is 4.90 Å². The van der Waals surface area contributed by atoms with E-state index in [-0.39, 0.29) is 16.5 Å². The highest BCUT2D eigenvalue weighted by Gasteiger charge is 2.22. The van der Waals surface area contributed by atoms with Gasteiger partial charge in [-0.2, -0.15) is 0 Å². The summed E-state index contributed by atoms with van der Waals surface area (Å²) < 4.78 is 31.6. The van der Waals surface area contributed by atoms with Gasteiger partial charge in [-0.25, -0.2) is 13.1 Å². The Balaban J connectivity index is 2.60. The maximum atomic E-state index is 12.1. The first kappa shape index (κ1) is 24.6. The lowest BCUT2D eigenvalue weighted by molar-refractivity contribution is -0.154.